The molecule has 0 atom stereocenters. The van der Waals surface area contributed by atoms with Gasteiger partial charge in [-0.15, -0.1) is 0 Å². The number of anilines is 1. The van der Waals surface area contributed by atoms with Gasteiger partial charge < -0.3 is 5.11 Å². The zero-order valence-electron chi connectivity index (χ0n) is 10.4. The zero-order valence-corrected chi connectivity index (χ0v) is 11.9. The fourth-order valence-electron chi connectivity index (χ4n) is 1.36. The fraction of sp³-hybridized carbons (Fsp3) is 0.455. The Morgan fingerprint density at radius 3 is 2.72 bits per heavy atom. The molecule has 0 bridgehead atoms. The smallest absolute Gasteiger partial charge is 0.301 e. The van der Waals surface area contributed by atoms with Crippen molar-refractivity contribution in [2.75, 3.05) is 24.9 Å². The molecule has 5 nitrogen and oxygen atoms in total. The van der Waals surface area contributed by atoms with Crippen molar-refractivity contribution in [3.8, 4) is 0 Å². The van der Waals surface area contributed by atoms with E-state index in [0.717, 1.165) is 9.87 Å². The van der Waals surface area contributed by atoms with Crippen LogP contribution in [0.1, 0.15) is 12.0 Å². The lowest BCUT2D eigenvalue weighted by atomic mass is 10.2. The third-order valence-electron chi connectivity index (χ3n) is 2.47. The van der Waals surface area contributed by atoms with Crippen molar-refractivity contribution < 1.29 is 13.5 Å². The number of hydrogen-bond acceptors (Lipinski definition) is 3. The van der Waals surface area contributed by atoms with Gasteiger partial charge in [0.05, 0.1) is 10.7 Å². The second-order valence-corrected chi connectivity index (χ2v) is 6.10. The van der Waals surface area contributed by atoms with Crippen LogP contribution in [0.3, 0.4) is 0 Å². The third-order valence-corrected chi connectivity index (χ3v) is 4.45. The van der Waals surface area contributed by atoms with Gasteiger partial charge >= 0.3 is 10.2 Å². The molecule has 1 rings (SSSR count). The largest absolute Gasteiger partial charge is 0.396 e. The molecule has 0 unspecified atom stereocenters. The predicted octanol–water partition coefficient (Wildman–Crippen LogP) is 1.62. The van der Waals surface area contributed by atoms with Gasteiger partial charge in [-0.05, 0) is 25.0 Å². The molecule has 0 radical (unpaired) electrons. The summed E-state index contributed by atoms with van der Waals surface area (Å²) >= 11 is 6.02. The number of nitrogens with zero attached hydrogens (tertiary/aromatic N) is 1. The molecule has 1 aromatic carbocycles. The molecule has 0 aromatic heterocycles. The average Bonchev–Trinajstić information content (AvgIpc) is 2.31. The summed E-state index contributed by atoms with van der Waals surface area (Å²) in [4.78, 5) is 0. The van der Waals surface area contributed by atoms with Crippen molar-refractivity contribution >= 4 is 27.5 Å². The van der Waals surface area contributed by atoms with E-state index in [1.807, 2.05) is 0 Å². The first-order valence-electron chi connectivity index (χ1n) is 5.48. The highest BCUT2D eigenvalue weighted by molar-refractivity contribution is 7.90. The zero-order chi connectivity index (χ0) is 13.8. The Balaban J connectivity index is 2.85. The third kappa shape index (κ3) is 3.84. The van der Waals surface area contributed by atoms with Crippen molar-refractivity contribution in [1.82, 2.24) is 4.31 Å². The minimum absolute atomic E-state index is 0.0505. The van der Waals surface area contributed by atoms with Crippen LogP contribution < -0.4 is 4.72 Å². The number of hydrogen-bond donors (Lipinski definition) is 2. The summed E-state index contributed by atoms with van der Waals surface area (Å²) in [5.74, 6) is 0. The molecule has 0 heterocycles. The summed E-state index contributed by atoms with van der Waals surface area (Å²) in [6, 6.07) is 5.13. The van der Waals surface area contributed by atoms with Crippen LogP contribution in [0.4, 0.5) is 5.69 Å². The highest BCUT2D eigenvalue weighted by Crippen LogP contribution is 2.26. The van der Waals surface area contributed by atoms with E-state index in [9.17, 15) is 8.42 Å². The summed E-state index contributed by atoms with van der Waals surface area (Å²) in [5.41, 5.74) is 1.15. The molecule has 0 saturated heterocycles. The van der Waals surface area contributed by atoms with E-state index in [0.29, 0.717) is 17.1 Å². The van der Waals surface area contributed by atoms with Gasteiger partial charge in [0.15, 0.2) is 0 Å². The quantitative estimate of drug-likeness (QED) is 0.837. The number of nitrogens with one attached hydrogen (secondary N) is 1. The van der Waals surface area contributed by atoms with E-state index in [-0.39, 0.29) is 13.2 Å². The van der Waals surface area contributed by atoms with Crippen LogP contribution in [0.25, 0.3) is 0 Å². The van der Waals surface area contributed by atoms with E-state index in [1.165, 1.54) is 7.05 Å². The lowest BCUT2D eigenvalue weighted by Gasteiger charge is -2.18. The Bertz CT molecular complexity index is 505. The first kappa shape index (κ1) is 15.2. The average molecular weight is 293 g/mol. The molecule has 102 valence electrons. The van der Waals surface area contributed by atoms with Crippen molar-refractivity contribution in [2.45, 2.75) is 13.3 Å². The van der Waals surface area contributed by atoms with Gasteiger partial charge in [0, 0.05) is 20.2 Å². The summed E-state index contributed by atoms with van der Waals surface area (Å²) in [7, 11) is -2.19. The number of benzene rings is 1. The van der Waals surface area contributed by atoms with Crippen molar-refractivity contribution in [2.24, 2.45) is 0 Å². The van der Waals surface area contributed by atoms with Crippen LogP contribution in [-0.2, 0) is 10.2 Å². The minimum Gasteiger partial charge on any atom is -0.396 e. The van der Waals surface area contributed by atoms with E-state index < -0.39 is 10.2 Å². The van der Waals surface area contributed by atoms with Gasteiger partial charge in [-0.3, -0.25) is 4.72 Å². The Hall–Kier alpha value is -0.820. The number of aliphatic hydroxyl groups is 1. The maximum atomic E-state index is 11.9. The van der Waals surface area contributed by atoms with Gasteiger partial charge in [0.1, 0.15) is 0 Å². The van der Waals surface area contributed by atoms with E-state index in [1.54, 1.807) is 25.1 Å². The molecule has 0 spiro atoms. The second kappa shape index (κ2) is 6.38. The SMILES string of the molecule is Cc1cccc(NS(=O)(=O)N(C)CCCO)c1Cl. The Morgan fingerprint density at radius 1 is 1.44 bits per heavy atom. The number of aliphatic hydroxyl groups excluding tert-OH is 1. The van der Waals surface area contributed by atoms with Crippen LogP contribution in [0.5, 0.6) is 0 Å². The van der Waals surface area contributed by atoms with Crippen LogP contribution in [-0.4, -0.2) is 38.0 Å². The highest BCUT2D eigenvalue weighted by atomic mass is 35.5. The summed E-state index contributed by atoms with van der Waals surface area (Å²) in [6.45, 7) is 2.00. The Morgan fingerprint density at radius 2 is 2.11 bits per heavy atom. The topological polar surface area (TPSA) is 69.6 Å². The normalized spacial score (nSPS) is 11.8. The maximum Gasteiger partial charge on any atom is 0.301 e. The summed E-state index contributed by atoms with van der Waals surface area (Å²) in [5, 5.41) is 9.07. The highest BCUT2D eigenvalue weighted by Gasteiger charge is 2.18. The van der Waals surface area contributed by atoms with Gasteiger partial charge in [-0.2, -0.15) is 12.7 Å². The van der Waals surface area contributed by atoms with Crippen LogP contribution in [0, 0.1) is 6.92 Å². The minimum atomic E-state index is -3.64. The predicted molar refractivity (Wildman–Crippen MR) is 73.1 cm³/mol. The van der Waals surface area contributed by atoms with E-state index in [2.05, 4.69) is 4.72 Å². The maximum absolute atomic E-state index is 11.9. The van der Waals surface area contributed by atoms with Gasteiger partial charge in [0.2, 0.25) is 0 Å². The molecule has 0 saturated carbocycles. The number of aryl methyl sites for hydroxylation is 1. The fourth-order valence-corrected chi connectivity index (χ4v) is 2.56. The molecule has 0 fully saturated rings. The van der Waals surface area contributed by atoms with E-state index in [4.69, 9.17) is 16.7 Å². The molecule has 2 N–H and O–H groups in total. The second-order valence-electron chi connectivity index (χ2n) is 3.94. The van der Waals surface area contributed by atoms with Gasteiger partial charge in [0.25, 0.3) is 0 Å². The number of rotatable bonds is 6. The van der Waals surface area contributed by atoms with Crippen molar-refractivity contribution in [3.63, 3.8) is 0 Å². The molecular formula is C11H17ClN2O3S. The number of halogens is 1. The van der Waals surface area contributed by atoms with Crippen molar-refractivity contribution in [3.05, 3.63) is 28.8 Å². The summed E-state index contributed by atoms with van der Waals surface area (Å²) < 4.78 is 27.4. The van der Waals surface area contributed by atoms with Crippen LogP contribution in [0.15, 0.2) is 18.2 Å². The first-order chi connectivity index (χ1) is 8.38. The van der Waals surface area contributed by atoms with Gasteiger partial charge in [-0.1, -0.05) is 23.7 Å². The van der Waals surface area contributed by atoms with Crippen molar-refractivity contribution in [1.29, 1.82) is 0 Å². The monoisotopic (exact) mass is 292 g/mol. The molecule has 1 aromatic rings. The Kier molecular flexibility index (Phi) is 5.40. The molecule has 7 heteroatoms. The molecule has 0 aliphatic rings. The Labute approximate surface area is 113 Å². The van der Waals surface area contributed by atoms with E-state index >= 15 is 0 Å². The first-order valence-corrected chi connectivity index (χ1v) is 7.30. The van der Waals surface area contributed by atoms with Gasteiger partial charge in [-0.25, -0.2) is 0 Å². The molecule has 18 heavy (non-hydrogen) atoms. The summed E-state index contributed by atoms with van der Waals surface area (Å²) in [6.07, 6.45) is 0.388. The molecule has 0 aliphatic heterocycles. The lowest BCUT2D eigenvalue weighted by Crippen LogP contribution is -2.33. The molecule has 0 amide bonds. The van der Waals surface area contributed by atoms with Crippen LogP contribution >= 0.6 is 11.6 Å². The lowest BCUT2D eigenvalue weighted by molar-refractivity contribution is 0.276. The standard InChI is InChI=1S/C11H17ClN2O3S/c1-9-5-3-6-10(11(9)12)13-18(16,17)14(2)7-4-8-15/h3,5-6,13,15H,4,7-8H2,1-2H3. The molecular weight excluding hydrogens is 276 g/mol. The molecule has 0 aliphatic carbocycles. The van der Waals surface area contributed by atoms with Crippen LogP contribution in [0.2, 0.25) is 5.02 Å².